The molecule has 0 bridgehead atoms. The number of carbonyl (C=O) groups is 1. The van der Waals surface area contributed by atoms with Crippen LogP contribution in [0.15, 0.2) is 71.6 Å². The number of rotatable bonds is 7. The van der Waals surface area contributed by atoms with Gasteiger partial charge >= 0.3 is 5.97 Å². The van der Waals surface area contributed by atoms with E-state index >= 15 is 0 Å². The van der Waals surface area contributed by atoms with Crippen LogP contribution in [0.25, 0.3) is 0 Å². The molecule has 8 heteroatoms. The normalized spacial score (nSPS) is 11.1. The number of primary sulfonamides is 1. The van der Waals surface area contributed by atoms with Gasteiger partial charge in [0.05, 0.1) is 16.9 Å². The Morgan fingerprint density at radius 3 is 2.38 bits per heavy atom. The maximum absolute atomic E-state index is 12.2. The van der Waals surface area contributed by atoms with Crippen LogP contribution in [0.2, 0.25) is 0 Å². The first-order valence-electron chi connectivity index (χ1n) is 8.79. The summed E-state index contributed by atoms with van der Waals surface area (Å²) < 4.78 is 24.5. The second kappa shape index (κ2) is 8.34. The number of aromatic carboxylic acids is 1. The van der Waals surface area contributed by atoms with Crippen LogP contribution < -0.4 is 15.8 Å². The largest absolute Gasteiger partial charge is 0.478 e. The third-order valence-corrected chi connectivity index (χ3v) is 5.20. The molecule has 0 unspecified atom stereocenters. The van der Waals surface area contributed by atoms with Gasteiger partial charge < -0.3 is 15.7 Å². The van der Waals surface area contributed by atoms with E-state index in [4.69, 9.17) is 5.14 Å². The van der Waals surface area contributed by atoms with Crippen molar-refractivity contribution in [3.8, 4) is 0 Å². The summed E-state index contributed by atoms with van der Waals surface area (Å²) in [6, 6.07) is 19.3. The second-order valence-corrected chi connectivity index (χ2v) is 8.11. The molecule has 3 aromatic rings. The Bertz CT molecular complexity index is 1150. The van der Waals surface area contributed by atoms with Gasteiger partial charge in [-0.05, 0) is 42.3 Å². The Labute approximate surface area is 169 Å². The van der Waals surface area contributed by atoms with Crippen molar-refractivity contribution in [2.45, 2.75) is 18.4 Å². The van der Waals surface area contributed by atoms with Crippen molar-refractivity contribution in [3.05, 3.63) is 83.4 Å². The highest BCUT2D eigenvalue weighted by Crippen LogP contribution is 2.34. The van der Waals surface area contributed by atoms with E-state index in [1.54, 1.807) is 6.07 Å². The van der Waals surface area contributed by atoms with E-state index in [2.05, 4.69) is 10.6 Å². The third-order valence-electron chi connectivity index (χ3n) is 4.27. The quantitative estimate of drug-likeness (QED) is 0.470. The van der Waals surface area contributed by atoms with E-state index in [0.29, 0.717) is 17.9 Å². The molecule has 0 fully saturated rings. The number of carboxylic acids is 1. The smallest absolute Gasteiger partial charge is 0.335 e. The highest BCUT2D eigenvalue weighted by atomic mass is 32.2. The summed E-state index contributed by atoms with van der Waals surface area (Å²) in [5.74, 6) is -1.25. The van der Waals surface area contributed by atoms with Crippen molar-refractivity contribution in [2.24, 2.45) is 5.14 Å². The maximum atomic E-state index is 12.2. The molecule has 0 heterocycles. The van der Waals surface area contributed by atoms with Crippen molar-refractivity contribution in [1.29, 1.82) is 0 Å². The Kier molecular flexibility index (Phi) is 5.86. The molecule has 150 valence electrons. The summed E-state index contributed by atoms with van der Waals surface area (Å²) >= 11 is 0. The molecule has 0 aliphatic heterocycles. The summed E-state index contributed by atoms with van der Waals surface area (Å²) in [6.07, 6.45) is 0. The molecule has 0 saturated carbocycles. The van der Waals surface area contributed by atoms with Gasteiger partial charge in [-0.1, -0.05) is 42.5 Å². The number of anilines is 3. The first-order chi connectivity index (χ1) is 13.7. The van der Waals surface area contributed by atoms with Gasteiger partial charge in [-0.15, -0.1) is 0 Å². The first kappa shape index (κ1) is 20.4. The Balaban J connectivity index is 2.11. The second-order valence-electron chi connectivity index (χ2n) is 6.58. The van der Waals surface area contributed by atoms with Crippen molar-refractivity contribution in [2.75, 3.05) is 10.6 Å². The van der Waals surface area contributed by atoms with Crippen molar-refractivity contribution in [1.82, 2.24) is 0 Å². The van der Waals surface area contributed by atoms with Crippen LogP contribution in [-0.2, 0) is 16.6 Å². The molecule has 0 aromatic heterocycles. The van der Waals surface area contributed by atoms with Crippen LogP contribution in [-0.4, -0.2) is 19.5 Å². The van der Waals surface area contributed by atoms with Gasteiger partial charge in [-0.2, -0.15) is 0 Å². The maximum Gasteiger partial charge on any atom is 0.335 e. The van der Waals surface area contributed by atoms with E-state index in [9.17, 15) is 18.3 Å². The lowest BCUT2D eigenvalue weighted by molar-refractivity contribution is 0.0696. The van der Waals surface area contributed by atoms with E-state index in [1.807, 2.05) is 55.5 Å². The highest BCUT2D eigenvalue weighted by molar-refractivity contribution is 7.89. The minimum atomic E-state index is -4.19. The van der Waals surface area contributed by atoms with Crippen LogP contribution >= 0.6 is 0 Å². The minimum absolute atomic E-state index is 0.181. The average molecular weight is 411 g/mol. The topological polar surface area (TPSA) is 122 Å². The van der Waals surface area contributed by atoms with Crippen molar-refractivity contribution in [3.63, 3.8) is 0 Å². The van der Waals surface area contributed by atoms with E-state index in [-0.39, 0.29) is 16.1 Å². The predicted molar refractivity (Wildman–Crippen MR) is 113 cm³/mol. The third kappa shape index (κ3) is 5.13. The molecule has 0 atom stereocenters. The summed E-state index contributed by atoms with van der Waals surface area (Å²) in [4.78, 5) is 11.2. The van der Waals surface area contributed by atoms with Crippen LogP contribution in [0, 0.1) is 6.92 Å². The molecule has 0 saturated heterocycles. The summed E-state index contributed by atoms with van der Waals surface area (Å²) in [7, 11) is -4.19. The average Bonchev–Trinajstić information content (AvgIpc) is 2.66. The number of hydrogen-bond acceptors (Lipinski definition) is 5. The van der Waals surface area contributed by atoms with Gasteiger partial charge in [-0.3, -0.25) is 0 Å². The molecular weight excluding hydrogens is 390 g/mol. The van der Waals surface area contributed by atoms with E-state index in [0.717, 1.165) is 17.2 Å². The molecule has 29 heavy (non-hydrogen) atoms. The van der Waals surface area contributed by atoms with Crippen LogP contribution in [0.1, 0.15) is 21.5 Å². The number of nitrogens with two attached hydrogens (primary N) is 1. The Hall–Kier alpha value is -3.36. The molecular formula is C21H21N3O4S. The molecule has 3 rings (SSSR count). The highest BCUT2D eigenvalue weighted by Gasteiger charge is 2.22. The molecule has 0 amide bonds. The number of carboxylic acid groups (broad SMARTS) is 1. The Morgan fingerprint density at radius 1 is 1.03 bits per heavy atom. The molecule has 0 spiro atoms. The van der Waals surface area contributed by atoms with Gasteiger partial charge in [0, 0.05) is 12.2 Å². The van der Waals surface area contributed by atoms with Crippen molar-refractivity contribution >= 4 is 33.1 Å². The lowest BCUT2D eigenvalue weighted by Crippen LogP contribution is -2.17. The SMILES string of the molecule is Cc1cccc(Nc2c(NCc3ccccc3)cc(C(=O)O)cc2S(N)(=O)=O)c1. The molecule has 0 aliphatic carbocycles. The summed E-state index contributed by atoms with van der Waals surface area (Å²) in [5.41, 5.74) is 2.92. The molecule has 7 nitrogen and oxygen atoms in total. The monoisotopic (exact) mass is 411 g/mol. The predicted octanol–water partition coefficient (Wildman–Crippen LogP) is 3.70. The Morgan fingerprint density at radius 2 is 1.76 bits per heavy atom. The molecule has 0 aliphatic rings. The number of benzene rings is 3. The van der Waals surface area contributed by atoms with Crippen molar-refractivity contribution < 1.29 is 18.3 Å². The van der Waals surface area contributed by atoms with Crippen LogP contribution in [0.3, 0.4) is 0 Å². The standard InChI is InChI=1S/C21H21N3O4S/c1-14-6-5-9-17(10-14)24-20-18(23-13-15-7-3-2-4-8-15)11-16(21(25)26)12-19(20)29(22,27)28/h2-12,23-24H,13H2,1H3,(H,25,26)(H2,22,27,28). The molecule has 5 N–H and O–H groups in total. The fourth-order valence-corrected chi connectivity index (χ4v) is 3.63. The fourth-order valence-electron chi connectivity index (χ4n) is 2.89. The zero-order valence-electron chi connectivity index (χ0n) is 15.7. The first-order valence-corrected chi connectivity index (χ1v) is 10.3. The van der Waals surface area contributed by atoms with Gasteiger partial charge in [-0.25, -0.2) is 18.4 Å². The van der Waals surface area contributed by atoms with Crippen LogP contribution in [0.5, 0.6) is 0 Å². The molecule has 3 aromatic carbocycles. The van der Waals surface area contributed by atoms with Gasteiger partial charge in [0.2, 0.25) is 10.0 Å². The lowest BCUT2D eigenvalue weighted by atomic mass is 10.1. The number of nitrogens with one attached hydrogen (secondary N) is 2. The van der Waals surface area contributed by atoms with Gasteiger partial charge in [0.15, 0.2) is 0 Å². The molecule has 0 radical (unpaired) electrons. The fraction of sp³-hybridized carbons (Fsp3) is 0.0952. The zero-order chi connectivity index (χ0) is 21.0. The number of hydrogen-bond donors (Lipinski definition) is 4. The van der Waals surface area contributed by atoms with Gasteiger partial charge in [0.1, 0.15) is 4.90 Å². The lowest BCUT2D eigenvalue weighted by Gasteiger charge is -2.18. The summed E-state index contributed by atoms with van der Waals surface area (Å²) in [5, 5.41) is 21.0. The number of sulfonamides is 1. The summed E-state index contributed by atoms with van der Waals surface area (Å²) in [6.45, 7) is 2.28. The zero-order valence-corrected chi connectivity index (χ0v) is 16.5. The van der Waals surface area contributed by atoms with E-state index < -0.39 is 16.0 Å². The minimum Gasteiger partial charge on any atom is -0.478 e. The number of aryl methyl sites for hydroxylation is 1. The van der Waals surface area contributed by atoms with Crippen LogP contribution in [0.4, 0.5) is 17.1 Å². The van der Waals surface area contributed by atoms with Gasteiger partial charge in [0.25, 0.3) is 0 Å². The van der Waals surface area contributed by atoms with E-state index in [1.165, 1.54) is 6.07 Å².